The maximum Gasteiger partial charge on any atom is 0.175 e. The first-order chi connectivity index (χ1) is 7.86. The average molecular weight is 256 g/mol. The molecule has 94 valence electrons. The van der Waals surface area contributed by atoms with Gasteiger partial charge >= 0.3 is 0 Å². The van der Waals surface area contributed by atoms with Crippen LogP contribution in [0.15, 0.2) is 23.1 Å². The van der Waals surface area contributed by atoms with Gasteiger partial charge in [-0.1, -0.05) is 6.92 Å². The van der Waals surface area contributed by atoms with Gasteiger partial charge in [0, 0.05) is 6.26 Å². The van der Waals surface area contributed by atoms with E-state index in [2.05, 4.69) is 0 Å². The van der Waals surface area contributed by atoms with Gasteiger partial charge in [-0.05, 0) is 24.6 Å². The van der Waals surface area contributed by atoms with Crippen LogP contribution in [0.4, 0.5) is 0 Å². The second-order valence-electron chi connectivity index (χ2n) is 3.69. The van der Waals surface area contributed by atoms with Crippen LogP contribution in [0.1, 0.15) is 18.9 Å². The highest BCUT2D eigenvalue weighted by Crippen LogP contribution is 2.22. The number of ether oxygens (including phenoxy) is 1. The van der Waals surface area contributed by atoms with Gasteiger partial charge in [0.05, 0.1) is 17.1 Å². The number of nitrogens with one attached hydrogen (secondary N) is 1. The second kappa shape index (κ2) is 5.18. The monoisotopic (exact) mass is 256 g/mol. The van der Waals surface area contributed by atoms with Gasteiger partial charge in [-0.15, -0.1) is 0 Å². The molecule has 6 heteroatoms. The summed E-state index contributed by atoms with van der Waals surface area (Å²) in [5.74, 6) is 0.230. The van der Waals surface area contributed by atoms with E-state index in [4.69, 9.17) is 15.9 Å². The summed E-state index contributed by atoms with van der Waals surface area (Å²) in [6, 6.07) is 4.35. The molecule has 0 unspecified atom stereocenters. The molecule has 1 aromatic carbocycles. The standard InChI is InChI=1S/C11H16N2O3S/c1-3-6-16-10-5-4-8(17(2,14)15)7-9(10)11(12)13/h4-5,7H,3,6H2,1-2H3,(H3,12,13). The Morgan fingerprint density at radius 2 is 2.12 bits per heavy atom. The molecular formula is C11H16N2O3S. The smallest absolute Gasteiger partial charge is 0.175 e. The number of hydrogen-bond acceptors (Lipinski definition) is 4. The lowest BCUT2D eigenvalue weighted by Crippen LogP contribution is -2.14. The summed E-state index contributed by atoms with van der Waals surface area (Å²) in [7, 11) is -3.30. The minimum Gasteiger partial charge on any atom is -0.493 e. The molecule has 0 aromatic heterocycles. The Morgan fingerprint density at radius 1 is 1.47 bits per heavy atom. The average Bonchev–Trinajstić information content (AvgIpc) is 2.24. The number of rotatable bonds is 5. The molecule has 0 radical (unpaired) electrons. The summed E-state index contributed by atoms with van der Waals surface area (Å²) in [4.78, 5) is 0.131. The lowest BCUT2D eigenvalue weighted by Gasteiger charge is -2.11. The normalized spacial score (nSPS) is 11.2. The van der Waals surface area contributed by atoms with Gasteiger partial charge in [0.1, 0.15) is 11.6 Å². The van der Waals surface area contributed by atoms with Crippen LogP contribution in [0, 0.1) is 5.41 Å². The fourth-order valence-electron chi connectivity index (χ4n) is 1.29. The van der Waals surface area contributed by atoms with E-state index in [1.54, 1.807) is 0 Å². The summed E-state index contributed by atoms with van der Waals surface area (Å²) in [5, 5.41) is 7.42. The number of amidine groups is 1. The summed E-state index contributed by atoms with van der Waals surface area (Å²) in [5.41, 5.74) is 5.71. The van der Waals surface area contributed by atoms with E-state index in [1.165, 1.54) is 18.2 Å². The largest absolute Gasteiger partial charge is 0.493 e. The van der Waals surface area contributed by atoms with Crippen molar-refractivity contribution in [3.8, 4) is 5.75 Å². The summed E-state index contributed by atoms with van der Waals surface area (Å²) < 4.78 is 28.2. The Bertz CT molecular complexity index is 524. The Kier molecular flexibility index (Phi) is 4.11. The molecule has 0 heterocycles. The zero-order chi connectivity index (χ0) is 13.1. The van der Waals surface area contributed by atoms with Gasteiger partial charge in [-0.25, -0.2) is 8.42 Å². The van der Waals surface area contributed by atoms with Gasteiger partial charge in [-0.2, -0.15) is 0 Å². The molecule has 0 saturated heterocycles. The summed E-state index contributed by atoms with van der Waals surface area (Å²) in [6.07, 6.45) is 1.93. The number of nitrogen functional groups attached to an aromatic ring is 1. The topological polar surface area (TPSA) is 93.2 Å². The van der Waals surface area contributed by atoms with Gasteiger partial charge in [0.15, 0.2) is 9.84 Å². The van der Waals surface area contributed by atoms with Gasteiger partial charge < -0.3 is 10.5 Å². The van der Waals surface area contributed by atoms with Crippen molar-refractivity contribution in [2.45, 2.75) is 18.2 Å². The molecule has 5 nitrogen and oxygen atoms in total. The molecule has 1 rings (SSSR count). The maximum absolute atomic E-state index is 11.4. The van der Waals surface area contributed by atoms with Crippen molar-refractivity contribution in [2.75, 3.05) is 12.9 Å². The highest BCUT2D eigenvalue weighted by atomic mass is 32.2. The predicted molar refractivity (Wildman–Crippen MR) is 66.4 cm³/mol. The van der Waals surface area contributed by atoms with Crippen LogP contribution in [0.2, 0.25) is 0 Å². The van der Waals surface area contributed by atoms with Crippen molar-refractivity contribution in [3.63, 3.8) is 0 Å². The van der Waals surface area contributed by atoms with Crippen molar-refractivity contribution < 1.29 is 13.2 Å². The first kappa shape index (κ1) is 13.5. The molecule has 3 N–H and O–H groups in total. The molecule has 0 spiro atoms. The number of hydrogen-bond donors (Lipinski definition) is 2. The summed E-state index contributed by atoms with van der Waals surface area (Å²) >= 11 is 0. The first-order valence-corrected chi connectivity index (χ1v) is 7.06. The Balaban J connectivity index is 3.22. The van der Waals surface area contributed by atoms with Crippen LogP contribution in [0.5, 0.6) is 5.75 Å². The van der Waals surface area contributed by atoms with Crippen LogP contribution >= 0.6 is 0 Å². The van der Waals surface area contributed by atoms with Crippen LogP contribution in [0.25, 0.3) is 0 Å². The van der Waals surface area contributed by atoms with Crippen molar-refractivity contribution in [1.29, 1.82) is 5.41 Å². The third-order valence-electron chi connectivity index (χ3n) is 2.13. The molecule has 0 aliphatic carbocycles. The Hall–Kier alpha value is -1.56. The van der Waals surface area contributed by atoms with Crippen LogP contribution in [-0.4, -0.2) is 27.1 Å². The van der Waals surface area contributed by atoms with Gasteiger partial charge in [0.25, 0.3) is 0 Å². The third kappa shape index (κ3) is 3.45. The maximum atomic E-state index is 11.4. The van der Waals surface area contributed by atoms with Crippen LogP contribution < -0.4 is 10.5 Å². The minimum atomic E-state index is -3.30. The SMILES string of the molecule is CCCOc1ccc(S(C)(=O)=O)cc1C(=N)N. The van der Waals surface area contributed by atoms with E-state index < -0.39 is 9.84 Å². The van der Waals surface area contributed by atoms with E-state index in [9.17, 15) is 8.42 Å². The van der Waals surface area contributed by atoms with E-state index in [-0.39, 0.29) is 10.7 Å². The molecule has 0 saturated carbocycles. The second-order valence-corrected chi connectivity index (χ2v) is 5.71. The molecule has 0 aliphatic heterocycles. The number of nitrogens with two attached hydrogens (primary N) is 1. The molecular weight excluding hydrogens is 240 g/mol. The van der Waals surface area contributed by atoms with Crippen molar-refractivity contribution >= 4 is 15.7 Å². The van der Waals surface area contributed by atoms with Gasteiger partial charge in [0.2, 0.25) is 0 Å². The summed E-state index contributed by atoms with van der Waals surface area (Å²) in [6.45, 7) is 2.46. The van der Waals surface area contributed by atoms with E-state index in [0.717, 1.165) is 12.7 Å². The number of benzene rings is 1. The lowest BCUT2D eigenvalue weighted by molar-refractivity contribution is 0.316. The van der Waals surface area contributed by atoms with Crippen molar-refractivity contribution in [3.05, 3.63) is 23.8 Å². The molecule has 0 amide bonds. The van der Waals surface area contributed by atoms with Crippen LogP contribution in [-0.2, 0) is 9.84 Å². The fourth-order valence-corrected chi connectivity index (χ4v) is 1.94. The Morgan fingerprint density at radius 3 is 2.59 bits per heavy atom. The van der Waals surface area contributed by atoms with Crippen molar-refractivity contribution in [2.24, 2.45) is 5.73 Å². The highest BCUT2D eigenvalue weighted by Gasteiger charge is 2.13. The van der Waals surface area contributed by atoms with E-state index >= 15 is 0 Å². The molecule has 0 bridgehead atoms. The Labute approximate surface area is 101 Å². The van der Waals surface area contributed by atoms with E-state index in [1.807, 2.05) is 6.92 Å². The minimum absolute atomic E-state index is 0.131. The quantitative estimate of drug-likeness (QED) is 0.610. The zero-order valence-electron chi connectivity index (χ0n) is 9.86. The fraction of sp³-hybridized carbons (Fsp3) is 0.364. The lowest BCUT2D eigenvalue weighted by atomic mass is 10.2. The predicted octanol–water partition coefficient (Wildman–Crippen LogP) is 1.16. The van der Waals surface area contributed by atoms with E-state index in [0.29, 0.717) is 17.9 Å². The molecule has 0 atom stereocenters. The van der Waals surface area contributed by atoms with Gasteiger partial charge in [-0.3, -0.25) is 5.41 Å². The molecule has 0 aliphatic rings. The highest BCUT2D eigenvalue weighted by molar-refractivity contribution is 7.90. The van der Waals surface area contributed by atoms with Crippen molar-refractivity contribution in [1.82, 2.24) is 0 Å². The van der Waals surface area contributed by atoms with Crippen LogP contribution in [0.3, 0.4) is 0 Å². The third-order valence-corrected chi connectivity index (χ3v) is 3.24. The molecule has 1 aromatic rings. The number of sulfone groups is 1. The first-order valence-electron chi connectivity index (χ1n) is 5.17. The molecule has 0 fully saturated rings. The zero-order valence-corrected chi connectivity index (χ0v) is 10.7. The molecule has 17 heavy (non-hydrogen) atoms.